The van der Waals surface area contributed by atoms with E-state index in [1.165, 1.54) is 0 Å². The van der Waals surface area contributed by atoms with Crippen molar-refractivity contribution in [3.63, 3.8) is 0 Å². The molecule has 19 heavy (non-hydrogen) atoms. The van der Waals surface area contributed by atoms with Crippen molar-refractivity contribution in [2.24, 2.45) is 0 Å². The summed E-state index contributed by atoms with van der Waals surface area (Å²) < 4.78 is 5.43. The summed E-state index contributed by atoms with van der Waals surface area (Å²) in [5, 5.41) is 0. The van der Waals surface area contributed by atoms with E-state index in [4.69, 9.17) is 10.5 Å². The summed E-state index contributed by atoms with van der Waals surface area (Å²) in [5.74, 6) is 0. The van der Waals surface area contributed by atoms with Crippen LogP contribution in [0.3, 0.4) is 0 Å². The molecule has 2 rings (SSSR count). The molecule has 0 spiro atoms. The van der Waals surface area contributed by atoms with Crippen molar-refractivity contribution in [1.82, 2.24) is 9.88 Å². The lowest BCUT2D eigenvalue weighted by atomic mass is 9.89. The number of hydrogen-bond donors (Lipinski definition) is 1. The number of nitrogen functional groups attached to an aromatic ring is 1. The lowest BCUT2D eigenvalue weighted by molar-refractivity contribution is -0.0278. The molecule has 1 aromatic rings. The number of nitrogens with two attached hydrogens (primary N) is 1. The fraction of sp³-hybridized carbons (Fsp3) is 0.571. The SMILES string of the molecule is CC1CC(c2cncc(N)c2)N1C(=O)OC(C)(C)C. The number of aromatic nitrogens is 1. The summed E-state index contributed by atoms with van der Waals surface area (Å²) in [6.07, 6.45) is 3.98. The van der Waals surface area contributed by atoms with Gasteiger partial charge in [0, 0.05) is 18.4 Å². The second-order valence-corrected chi connectivity index (χ2v) is 6.04. The van der Waals surface area contributed by atoms with Crippen molar-refractivity contribution in [1.29, 1.82) is 0 Å². The van der Waals surface area contributed by atoms with Gasteiger partial charge in [0.1, 0.15) is 5.60 Å². The molecule has 0 aromatic carbocycles. The highest BCUT2D eigenvalue weighted by atomic mass is 16.6. The smallest absolute Gasteiger partial charge is 0.411 e. The Labute approximate surface area is 113 Å². The van der Waals surface area contributed by atoms with Gasteiger partial charge in [-0.1, -0.05) is 0 Å². The van der Waals surface area contributed by atoms with Gasteiger partial charge in [-0.15, -0.1) is 0 Å². The second kappa shape index (κ2) is 4.72. The van der Waals surface area contributed by atoms with E-state index in [0.29, 0.717) is 5.69 Å². The molecule has 5 heteroatoms. The lowest BCUT2D eigenvalue weighted by Crippen LogP contribution is -2.53. The Morgan fingerprint density at radius 3 is 2.68 bits per heavy atom. The van der Waals surface area contributed by atoms with Gasteiger partial charge in [-0.25, -0.2) is 4.79 Å². The van der Waals surface area contributed by atoms with Gasteiger partial charge < -0.3 is 10.5 Å². The Balaban J connectivity index is 2.14. The third-order valence-corrected chi connectivity index (χ3v) is 3.14. The van der Waals surface area contributed by atoms with Gasteiger partial charge in [-0.3, -0.25) is 9.88 Å². The van der Waals surface area contributed by atoms with Crippen LogP contribution in [0.1, 0.15) is 45.7 Å². The maximum Gasteiger partial charge on any atom is 0.411 e. The van der Waals surface area contributed by atoms with Crippen LogP contribution in [-0.4, -0.2) is 27.6 Å². The van der Waals surface area contributed by atoms with Crippen molar-refractivity contribution >= 4 is 11.8 Å². The van der Waals surface area contributed by atoms with Crippen molar-refractivity contribution < 1.29 is 9.53 Å². The number of anilines is 1. The monoisotopic (exact) mass is 263 g/mol. The Morgan fingerprint density at radius 1 is 1.47 bits per heavy atom. The van der Waals surface area contributed by atoms with E-state index in [9.17, 15) is 4.79 Å². The molecule has 2 heterocycles. The molecule has 104 valence electrons. The van der Waals surface area contributed by atoms with Crippen molar-refractivity contribution in [2.75, 3.05) is 5.73 Å². The largest absolute Gasteiger partial charge is 0.444 e. The van der Waals surface area contributed by atoms with Crippen LogP contribution in [-0.2, 0) is 4.74 Å². The number of nitrogens with zero attached hydrogens (tertiary/aromatic N) is 2. The van der Waals surface area contributed by atoms with E-state index >= 15 is 0 Å². The first-order valence-electron chi connectivity index (χ1n) is 6.49. The summed E-state index contributed by atoms with van der Waals surface area (Å²) in [5.41, 5.74) is 6.83. The molecule has 2 unspecified atom stereocenters. The normalized spacial score (nSPS) is 22.8. The first-order chi connectivity index (χ1) is 8.78. The molecule has 2 N–H and O–H groups in total. The van der Waals surface area contributed by atoms with Gasteiger partial charge in [0.05, 0.1) is 11.7 Å². The summed E-state index contributed by atoms with van der Waals surface area (Å²) in [6, 6.07) is 2.06. The first-order valence-corrected chi connectivity index (χ1v) is 6.49. The van der Waals surface area contributed by atoms with E-state index in [-0.39, 0.29) is 18.2 Å². The average molecular weight is 263 g/mol. The third kappa shape index (κ3) is 2.97. The van der Waals surface area contributed by atoms with Crippen LogP contribution in [0.2, 0.25) is 0 Å². The van der Waals surface area contributed by atoms with E-state index in [1.807, 2.05) is 33.8 Å². The standard InChI is InChI=1S/C14H21N3O2/c1-9-5-12(10-6-11(15)8-16-7-10)17(9)13(18)19-14(2,3)4/h6-9,12H,5,15H2,1-4H3. The quantitative estimate of drug-likeness (QED) is 0.845. The number of likely N-dealkylation sites (tertiary alicyclic amines) is 1. The number of rotatable bonds is 1. The molecular weight excluding hydrogens is 242 g/mol. The van der Waals surface area contributed by atoms with Crippen molar-refractivity contribution in [3.8, 4) is 0 Å². The van der Waals surface area contributed by atoms with E-state index in [2.05, 4.69) is 4.98 Å². The number of ether oxygens (including phenoxy) is 1. The zero-order valence-electron chi connectivity index (χ0n) is 11.9. The zero-order valence-corrected chi connectivity index (χ0v) is 11.9. The van der Waals surface area contributed by atoms with Crippen molar-refractivity contribution in [3.05, 3.63) is 24.0 Å². The molecule has 0 aliphatic carbocycles. The van der Waals surface area contributed by atoms with E-state index in [1.54, 1.807) is 17.3 Å². The summed E-state index contributed by atoms with van der Waals surface area (Å²) in [7, 11) is 0. The molecule has 1 aliphatic heterocycles. The number of carbonyl (C=O) groups is 1. The summed E-state index contributed by atoms with van der Waals surface area (Å²) >= 11 is 0. The zero-order chi connectivity index (χ0) is 14.2. The fourth-order valence-corrected chi connectivity index (χ4v) is 2.30. The number of amides is 1. The molecular formula is C14H21N3O2. The topological polar surface area (TPSA) is 68.5 Å². The van der Waals surface area contributed by atoms with Crippen LogP contribution >= 0.6 is 0 Å². The van der Waals surface area contributed by atoms with Gasteiger partial charge in [0.2, 0.25) is 0 Å². The van der Waals surface area contributed by atoms with Crippen LogP contribution in [0, 0.1) is 0 Å². The van der Waals surface area contributed by atoms with E-state index in [0.717, 1.165) is 12.0 Å². The van der Waals surface area contributed by atoms with Crippen LogP contribution in [0.15, 0.2) is 18.5 Å². The molecule has 0 bridgehead atoms. The molecule has 5 nitrogen and oxygen atoms in total. The minimum Gasteiger partial charge on any atom is -0.444 e. The highest BCUT2D eigenvalue weighted by Crippen LogP contribution is 2.39. The Hall–Kier alpha value is -1.78. The molecule has 2 atom stereocenters. The Kier molecular flexibility index (Phi) is 3.39. The van der Waals surface area contributed by atoms with Gasteiger partial charge >= 0.3 is 6.09 Å². The van der Waals surface area contributed by atoms with Crippen LogP contribution in [0.25, 0.3) is 0 Å². The number of carbonyl (C=O) groups excluding carboxylic acids is 1. The van der Waals surface area contributed by atoms with Gasteiger partial charge in [0.25, 0.3) is 0 Å². The summed E-state index contributed by atoms with van der Waals surface area (Å²) in [4.78, 5) is 18.0. The van der Waals surface area contributed by atoms with Gasteiger partial charge in [-0.2, -0.15) is 0 Å². The minimum absolute atomic E-state index is 0.0147. The molecule has 1 fully saturated rings. The average Bonchev–Trinajstić information content (AvgIpc) is 2.22. The highest BCUT2D eigenvalue weighted by molar-refractivity contribution is 5.70. The molecule has 0 saturated carbocycles. The second-order valence-electron chi connectivity index (χ2n) is 6.04. The van der Waals surface area contributed by atoms with Crippen LogP contribution < -0.4 is 5.73 Å². The lowest BCUT2D eigenvalue weighted by Gasteiger charge is -2.47. The number of pyridine rings is 1. The molecule has 1 aliphatic rings. The Morgan fingerprint density at radius 2 is 2.16 bits per heavy atom. The third-order valence-electron chi connectivity index (χ3n) is 3.14. The predicted molar refractivity (Wildman–Crippen MR) is 73.5 cm³/mol. The minimum atomic E-state index is -0.481. The van der Waals surface area contributed by atoms with Crippen LogP contribution in [0.5, 0.6) is 0 Å². The van der Waals surface area contributed by atoms with Crippen molar-refractivity contribution in [2.45, 2.75) is 51.8 Å². The molecule has 0 radical (unpaired) electrons. The first kappa shape index (κ1) is 13.6. The predicted octanol–water partition coefficient (Wildman–Crippen LogP) is 2.73. The summed E-state index contributed by atoms with van der Waals surface area (Å²) in [6.45, 7) is 7.62. The number of hydrogen-bond acceptors (Lipinski definition) is 4. The van der Waals surface area contributed by atoms with Gasteiger partial charge in [0.15, 0.2) is 0 Å². The van der Waals surface area contributed by atoms with Crippen LogP contribution in [0.4, 0.5) is 10.5 Å². The van der Waals surface area contributed by atoms with Gasteiger partial charge in [-0.05, 0) is 45.7 Å². The molecule has 1 aromatic heterocycles. The molecule has 1 amide bonds. The fourth-order valence-electron chi connectivity index (χ4n) is 2.30. The van der Waals surface area contributed by atoms with E-state index < -0.39 is 5.60 Å². The highest BCUT2D eigenvalue weighted by Gasteiger charge is 2.42. The molecule has 1 saturated heterocycles. The Bertz CT molecular complexity index is 482. The maximum atomic E-state index is 12.2. The maximum absolute atomic E-state index is 12.2.